The van der Waals surface area contributed by atoms with Gasteiger partial charge in [0.05, 0.1) is 32.1 Å². The number of aryl methyl sites for hydroxylation is 1. The Morgan fingerprint density at radius 3 is 2.15 bits per heavy atom. The van der Waals surface area contributed by atoms with Crippen LogP contribution in [0.1, 0.15) is 0 Å². The maximum absolute atomic E-state index is 13.1. The summed E-state index contributed by atoms with van der Waals surface area (Å²) < 4.78 is 17.5. The van der Waals surface area contributed by atoms with Crippen LogP contribution in [0.5, 0.6) is 0 Å². The predicted molar refractivity (Wildman–Crippen MR) is 150 cm³/mol. The van der Waals surface area contributed by atoms with E-state index < -0.39 is 0 Å². The monoisotopic (exact) mass is 536 g/mol. The predicted octanol–water partition coefficient (Wildman–Crippen LogP) is 0.430. The zero-order chi connectivity index (χ0) is 26.9. The Balaban J connectivity index is 1.32. The summed E-state index contributed by atoms with van der Waals surface area (Å²) in [5.41, 5.74) is 3.14. The zero-order valence-electron chi connectivity index (χ0n) is 22.6. The molecule has 2 saturated heterocycles. The zero-order valence-corrected chi connectivity index (χ0v) is 22.6. The van der Waals surface area contributed by atoms with Gasteiger partial charge in [-0.2, -0.15) is 4.98 Å². The van der Waals surface area contributed by atoms with E-state index in [0.29, 0.717) is 23.5 Å². The molecule has 12 nitrogen and oxygen atoms in total. The number of nitrogens with one attached hydrogen (secondary N) is 1. The lowest BCUT2D eigenvalue weighted by Gasteiger charge is -2.27. The number of morpholine rings is 2. The van der Waals surface area contributed by atoms with Crippen LogP contribution in [-0.4, -0.2) is 105 Å². The van der Waals surface area contributed by atoms with Crippen LogP contribution in [0.25, 0.3) is 28.2 Å². The minimum absolute atomic E-state index is 0.350. The average Bonchev–Trinajstić information content (AvgIpc) is 3.52. The molecule has 39 heavy (non-hydrogen) atoms. The van der Waals surface area contributed by atoms with E-state index in [0.717, 1.165) is 93.8 Å². The summed E-state index contributed by atoms with van der Waals surface area (Å²) in [6.07, 6.45) is 1.97. The summed E-state index contributed by atoms with van der Waals surface area (Å²) in [7, 11) is 3.16. The third kappa shape index (κ3) is 5.00. The molecule has 3 aromatic heterocycles. The van der Waals surface area contributed by atoms with Crippen LogP contribution < -0.4 is 16.6 Å². The lowest BCUT2D eigenvalue weighted by atomic mass is 10.1. The fourth-order valence-corrected chi connectivity index (χ4v) is 5.47. The van der Waals surface area contributed by atoms with Gasteiger partial charge in [0.1, 0.15) is 0 Å². The lowest BCUT2D eigenvalue weighted by molar-refractivity contribution is 0.0365. The van der Waals surface area contributed by atoms with Crippen molar-refractivity contribution in [1.29, 1.82) is 0 Å². The standard InChI is InChI=1S/C27H36N8O4/c1-30-24-23(25(36)31(2)27(30)37)35-19-22(34(26(35)29-24)10-9-33-13-17-39-18-14-33)20-3-5-21(6-4-20)28-7-8-32-11-15-38-16-12-32/h3-6,19,28H,7-18H2,1-2H3. The first kappa shape index (κ1) is 25.8. The summed E-state index contributed by atoms with van der Waals surface area (Å²) in [4.78, 5) is 35.3. The van der Waals surface area contributed by atoms with Crippen molar-refractivity contribution in [2.75, 3.05) is 77.6 Å². The molecule has 2 fully saturated rings. The average molecular weight is 537 g/mol. The molecule has 0 unspecified atom stereocenters. The normalized spacial score (nSPS) is 17.4. The molecular formula is C27H36N8O4. The number of rotatable bonds is 8. The molecule has 5 heterocycles. The van der Waals surface area contributed by atoms with Crippen LogP contribution in [0, 0.1) is 0 Å². The molecule has 0 bridgehead atoms. The minimum Gasteiger partial charge on any atom is -0.384 e. The smallest absolute Gasteiger partial charge is 0.332 e. The molecule has 1 N–H and O–H groups in total. The van der Waals surface area contributed by atoms with E-state index in [2.05, 4.69) is 43.9 Å². The number of anilines is 1. The molecule has 0 aliphatic carbocycles. The maximum Gasteiger partial charge on any atom is 0.332 e. The van der Waals surface area contributed by atoms with Gasteiger partial charge in [-0.3, -0.25) is 28.1 Å². The Kier molecular flexibility index (Phi) is 7.26. The van der Waals surface area contributed by atoms with Crippen molar-refractivity contribution in [3.63, 3.8) is 0 Å². The minimum atomic E-state index is -0.384. The highest BCUT2D eigenvalue weighted by Gasteiger charge is 2.22. The van der Waals surface area contributed by atoms with E-state index in [-0.39, 0.29) is 11.2 Å². The van der Waals surface area contributed by atoms with E-state index >= 15 is 0 Å². The second-order valence-corrected chi connectivity index (χ2v) is 10.2. The number of benzene rings is 1. The molecule has 0 saturated carbocycles. The van der Waals surface area contributed by atoms with E-state index in [4.69, 9.17) is 14.5 Å². The van der Waals surface area contributed by atoms with Crippen molar-refractivity contribution in [3.8, 4) is 11.3 Å². The summed E-state index contributed by atoms with van der Waals surface area (Å²) in [6, 6.07) is 8.40. The number of ether oxygens (including phenoxy) is 2. The van der Waals surface area contributed by atoms with Gasteiger partial charge in [-0.05, 0) is 17.7 Å². The van der Waals surface area contributed by atoms with Crippen molar-refractivity contribution in [1.82, 2.24) is 32.9 Å². The van der Waals surface area contributed by atoms with Crippen LogP contribution in [0.2, 0.25) is 0 Å². The largest absolute Gasteiger partial charge is 0.384 e. The molecule has 208 valence electrons. The summed E-state index contributed by atoms with van der Waals surface area (Å²) in [5.74, 6) is 0.652. The maximum atomic E-state index is 13.1. The van der Waals surface area contributed by atoms with Gasteiger partial charge in [0.2, 0.25) is 5.78 Å². The third-order valence-electron chi connectivity index (χ3n) is 7.84. The molecule has 2 aliphatic rings. The molecule has 12 heteroatoms. The first-order chi connectivity index (χ1) is 19.0. The Morgan fingerprint density at radius 2 is 1.49 bits per heavy atom. The fraction of sp³-hybridized carbons (Fsp3) is 0.519. The van der Waals surface area contributed by atoms with Crippen molar-refractivity contribution in [2.24, 2.45) is 14.1 Å². The molecule has 0 amide bonds. The van der Waals surface area contributed by atoms with Crippen LogP contribution >= 0.6 is 0 Å². The summed E-state index contributed by atoms with van der Waals surface area (Å²) in [5, 5.41) is 3.52. The summed E-state index contributed by atoms with van der Waals surface area (Å²) >= 11 is 0. The number of imidazole rings is 2. The van der Waals surface area contributed by atoms with E-state index in [1.54, 1.807) is 7.05 Å². The van der Waals surface area contributed by atoms with Gasteiger partial charge in [0.15, 0.2) is 11.2 Å². The second kappa shape index (κ2) is 11.0. The fourth-order valence-electron chi connectivity index (χ4n) is 5.47. The third-order valence-corrected chi connectivity index (χ3v) is 7.84. The Hall–Kier alpha value is -3.45. The van der Waals surface area contributed by atoms with Crippen LogP contribution in [0.4, 0.5) is 5.69 Å². The quantitative estimate of drug-likeness (QED) is 0.346. The molecule has 2 aliphatic heterocycles. The van der Waals surface area contributed by atoms with Crippen molar-refractivity contribution < 1.29 is 9.47 Å². The second-order valence-electron chi connectivity index (χ2n) is 10.2. The molecular weight excluding hydrogens is 500 g/mol. The van der Waals surface area contributed by atoms with Gasteiger partial charge in [-0.1, -0.05) is 12.1 Å². The van der Waals surface area contributed by atoms with Gasteiger partial charge in [0.25, 0.3) is 5.56 Å². The molecule has 1 aromatic carbocycles. The van der Waals surface area contributed by atoms with Gasteiger partial charge in [0, 0.05) is 78.3 Å². The first-order valence-electron chi connectivity index (χ1n) is 13.6. The molecule has 0 atom stereocenters. The Morgan fingerprint density at radius 1 is 0.846 bits per heavy atom. The van der Waals surface area contributed by atoms with Crippen molar-refractivity contribution >= 4 is 22.6 Å². The van der Waals surface area contributed by atoms with E-state index in [1.165, 1.54) is 11.6 Å². The molecule has 0 radical (unpaired) electrons. The van der Waals surface area contributed by atoms with Crippen molar-refractivity contribution in [3.05, 3.63) is 51.3 Å². The lowest BCUT2D eigenvalue weighted by Crippen LogP contribution is -2.38. The molecule has 0 spiro atoms. The highest BCUT2D eigenvalue weighted by molar-refractivity contribution is 5.78. The first-order valence-corrected chi connectivity index (χ1v) is 13.6. The van der Waals surface area contributed by atoms with Crippen LogP contribution in [-0.2, 0) is 30.1 Å². The highest BCUT2D eigenvalue weighted by Crippen LogP contribution is 2.27. The van der Waals surface area contributed by atoms with Crippen LogP contribution in [0.15, 0.2) is 40.1 Å². The van der Waals surface area contributed by atoms with Gasteiger partial charge < -0.3 is 19.4 Å². The molecule has 4 aromatic rings. The van der Waals surface area contributed by atoms with Gasteiger partial charge in [-0.15, -0.1) is 0 Å². The summed E-state index contributed by atoms with van der Waals surface area (Å²) in [6.45, 7) is 10.2. The van der Waals surface area contributed by atoms with Crippen molar-refractivity contribution in [2.45, 2.75) is 6.54 Å². The van der Waals surface area contributed by atoms with Crippen LogP contribution in [0.3, 0.4) is 0 Å². The topological polar surface area (TPSA) is 103 Å². The van der Waals surface area contributed by atoms with Gasteiger partial charge >= 0.3 is 5.69 Å². The number of fused-ring (bicyclic) bond motifs is 3. The van der Waals surface area contributed by atoms with E-state index in [9.17, 15) is 9.59 Å². The Labute approximate surface area is 226 Å². The van der Waals surface area contributed by atoms with E-state index in [1.807, 2.05) is 10.6 Å². The number of hydrogen-bond acceptors (Lipinski definition) is 8. The molecule has 6 rings (SSSR count). The number of hydrogen-bond donors (Lipinski definition) is 1. The number of nitrogens with zero attached hydrogens (tertiary/aromatic N) is 7. The SMILES string of the molecule is Cn1c(=O)c2c(nc3n(CCN4CCOCC4)c(-c4ccc(NCCN5CCOCC5)cc4)cn23)n(C)c1=O. The Bertz CT molecular complexity index is 1570. The highest BCUT2D eigenvalue weighted by atomic mass is 16.5. The number of aromatic nitrogens is 5. The van der Waals surface area contributed by atoms with Gasteiger partial charge in [-0.25, -0.2) is 4.79 Å².